The highest BCUT2D eigenvalue weighted by molar-refractivity contribution is 6.31. The van der Waals surface area contributed by atoms with Crippen molar-refractivity contribution in [1.82, 2.24) is 9.88 Å². The minimum Gasteiger partial charge on any atom is -0.361 e. The van der Waals surface area contributed by atoms with Gasteiger partial charge in [0.1, 0.15) is 0 Å². The molecule has 2 aromatic rings. The smallest absolute Gasteiger partial charge is 0.0472 e. The Morgan fingerprint density at radius 1 is 1.38 bits per heavy atom. The molecule has 1 saturated carbocycles. The average molecular weight is 306 g/mol. The quantitative estimate of drug-likeness (QED) is 0.883. The second kappa shape index (κ2) is 6.39. The van der Waals surface area contributed by atoms with Crippen LogP contribution in [0.1, 0.15) is 31.7 Å². The van der Waals surface area contributed by atoms with Gasteiger partial charge in [0, 0.05) is 34.7 Å². The van der Waals surface area contributed by atoms with Gasteiger partial charge in [0.25, 0.3) is 0 Å². The molecule has 1 aromatic heterocycles. The first-order valence-electron chi connectivity index (χ1n) is 7.92. The molecule has 4 heteroatoms. The largest absolute Gasteiger partial charge is 0.361 e. The van der Waals surface area contributed by atoms with Crippen LogP contribution in [-0.2, 0) is 6.54 Å². The first-order valence-corrected chi connectivity index (χ1v) is 8.30. The van der Waals surface area contributed by atoms with Gasteiger partial charge in [-0.2, -0.15) is 0 Å². The van der Waals surface area contributed by atoms with Crippen molar-refractivity contribution in [2.45, 2.75) is 38.8 Å². The Kier molecular flexibility index (Phi) is 4.53. The molecule has 3 nitrogen and oxygen atoms in total. The number of hydrogen-bond donors (Lipinski definition) is 2. The molecule has 3 N–H and O–H groups in total. The minimum absolute atomic E-state index is 0.636. The standard InChI is InChI=1S/C17H24ClN3/c1-2-21(17-5-3-4-12(17)9-19)11-13-10-20-16-8-14(18)6-7-15(13)16/h6-8,10,12,17,20H,2-5,9,11,19H2,1H3. The molecule has 3 rings (SSSR count). The molecule has 0 radical (unpaired) electrons. The van der Waals surface area contributed by atoms with Crippen molar-refractivity contribution in [2.75, 3.05) is 13.1 Å². The van der Waals surface area contributed by atoms with Gasteiger partial charge in [-0.15, -0.1) is 0 Å². The SMILES string of the molecule is CCN(Cc1c[nH]c2cc(Cl)ccc12)C1CCCC1CN. The molecule has 1 heterocycles. The van der Waals surface area contributed by atoms with E-state index in [4.69, 9.17) is 17.3 Å². The van der Waals surface area contributed by atoms with Gasteiger partial charge in [0.15, 0.2) is 0 Å². The fourth-order valence-electron chi connectivity index (χ4n) is 3.74. The highest BCUT2D eigenvalue weighted by atomic mass is 35.5. The van der Waals surface area contributed by atoms with E-state index in [0.29, 0.717) is 12.0 Å². The number of hydrogen-bond acceptors (Lipinski definition) is 2. The van der Waals surface area contributed by atoms with Gasteiger partial charge >= 0.3 is 0 Å². The number of nitrogens with two attached hydrogens (primary N) is 1. The summed E-state index contributed by atoms with van der Waals surface area (Å²) in [5.74, 6) is 0.657. The van der Waals surface area contributed by atoms with E-state index in [-0.39, 0.29) is 0 Å². The Bertz CT molecular complexity index is 607. The number of aromatic amines is 1. The Balaban J connectivity index is 1.82. The maximum Gasteiger partial charge on any atom is 0.0472 e. The molecule has 2 atom stereocenters. The molecule has 1 aliphatic carbocycles. The zero-order valence-electron chi connectivity index (χ0n) is 12.6. The number of H-pyrrole nitrogens is 1. The third-order valence-electron chi connectivity index (χ3n) is 4.90. The van der Waals surface area contributed by atoms with Gasteiger partial charge in [-0.25, -0.2) is 0 Å². The summed E-state index contributed by atoms with van der Waals surface area (Å²) in [6.45, 7) is 5.11. The average Bonchev–Trinajstić information content (AvgIpc) is 3.10. The van der Waals surface area contributed by atoms with E-state index < -0.39 is 0 Å². The summed E-state index contributed by atoms with van der Waals surface area (Å²) in [7, 11) is 0. The topological polar surface area (TPSA) is 45.0 Å². The van der Waals surface area contributed by atoms with E-state index >= 15 is 0 Å². The van der Waals surface area contributed by atoms with Crippen LogP contribution in [0.15, 0.2) is 24.4 Å². The molecule has 1 aliphatic rings. The van der Waals surface area contributed by atoms with Crippen molar-refractivity contribution < 1.29 is 0 Å². The molecule has 114 valence electrons. The molecule has 2 unspecified atom stereocenters. The third kappa shape index (κ3) is 2.96. The van der Waals surface area contributed by atoms with Crippen LogP contribution in [0.5, 0.6) is 0 Å². The molecule has 1 fully saturated rings. The van der Waals surface area contributed by atoms with Gasteiger partial charge in [0.2, 0.25) is 0 Å². The lowest BCUT2D eigenvalue weighted by atomic mass is 10.0. The predicted octanol–water partition coefficient (Wildman–Crippen LogP) is 3.77. The van der Waals surface area contributed by atoms with Gasteiger partial charge in [-0.1, -0.05) is 31.0 Å². The normalized spacial score (nSPS) is 22.5. The second-order valence-corrected chi connectivity index (χ2v) is 6.50. The van der Waals surface area contributed by atoms with Crippen molar-refractivity contribution in [3.8, 4) is 0 Å². The lowest BCUT2D eigenvalue weighted by molar-refractivity contribution is 0.163. The van der Waals surface area contributed by atoms with Gasteiger partial charge < -0.3 is 10.7 Å². The molecular formula is C17H24ClN3. The number of nitrogens with one attached hydrogen (secondary N) is 1. The molecule has 0 amide bonds. The first kappa shape index (κ1) is 14.9. The van der Waals surface area contributed by atoms with Crippen molar-refractivity contribution in [1.29, 1.82) is 0 Å². The number of halogens is 1. The summed E-state index contributed by atoms with van der Waals surface area (Å²) in [5.41, 5.74) is 8.42. The number of rotatable bonds is 5. The molecule has 0 spiro atoms. The maximum atomic E-state index is 6.06. The van der Waals surface area contributed by atoms with Gasteiger partial charge in [0.05, 0.1) is 0 Å². The van der Waals surface area contributed by atoms with Crippen molar-refractivity contribution in [3.05, 3.63) is 35.0 Å². The summed E-state index contributed by atoms with van der Waals surface area (Å²) in [5, 5.41) is 2.06. The van der Waals surface area contributed by atoms with E-state index in [1.54, 1.807) is 0 Å². The van der Waals surface area contributed by atoms with E-state index in [0.717, 1.165) is 30.2 Å². The van der Waals surface area contributed by atoms with Crippen molar-refractivity contribution in [3.63, 3.8) is 0 Å². The van der Waals surface area contributed by atoms with Crippen LogP contribution in [0.2, 0.25) is 5.02 Å². The number of fused-ring (bicyclic) bond motifs is 1. The molecule has 0 aliphatic heterocycles. The summed E-state index contributed by atoms with van der Waals surface area (Å²) >= 11 is 6.06. The van der Waals surface area contributed by atoms with E-state index in [1.807, 2.05) is 12.1 Å². The number of aromatic nitrogens is 1. The Morgan fingerprint density at radius 3 is 3.00 bits per heavy atom. The van der Waals surface area contributed by atoms with Crippen LogP contribution >= 0.6 is 11.6 Å². The van der Waals surface area contributed by atoms with Crippen molar-refractivity contribution in [2.24, 2.45) is 11.7 Å². The van der Waals surface area contributed by atoms with Crippen LogP contribution < -0.4 is 5.73 Å². The highest BCUT2D eigenvalue weighted by Crippen LogP contribution is 2.31. The molecule has 21 heavy (non-hydrogen) atoms. The molecular weight excluding hydrogens is 282 g/mol. The summed E-state index contributed by atoms with van der Waals surface area (Å²) in [6, 6.07) is 6.72. The third-order valence-corrected chi connectivity index (χ3v) is 5.13. The van der Waals surface area contributed by atoms with Gasteiger partial charge in [-0.3, -0.25) is 4.90 Å². The molecule has 0 saturated heterocycles. The van der Waals surface area contributed by atoms with Crippen LogP contribution in [-0.4, -0.2) is 29.0 Å². The highest BCUT2D eigenvalue weighted by Gasteiger charge is 2.30. The number of nitrogens with zero attached hydrogens (tertiary/aromatic N) is 1. The summed E-state index contributed by atoms with van der Waals surface area (Å²) < 4.78 is 0. The fourth-order valence-corrected chi connectivity index (χ4v) is 3.92. The van der Waals surface area contributed by atoms with Crippen LogP contribution in [0.25, 0.3) is 10.9 Å². The van der Waals surface area contributed by atoms with E-state index in [2.05, 4.69) is 29.1 Å². The van der Waals surface area contributed by atoms with Crippen LogP contribution in [0.4, 0.5) is 0 Å². The Labute approximate surface area is 131 Å². The second-order valence-electron chi connectivity index (χ2n) is 6.06. The van der Waals surface area contributed by atoms with E-state index in [9.17, 15) is 0 Å². The van der Waals surface area contributed by atoms with Crippen molar-refractivity contribution >= 4 is 22.5 Å². The summed E-state index contributed by atoms with van der Waals surface area (Å²) in [4.78, 5) is 5.92. The predicted molar refractivity (Wildman–Crippen MR) is 89.6 cm³/mol. The lowest BCUT2D eigenvalue weighted by Gasteiger charge is -2.31. The molecule has 1 aromatic carbocycles. The fraction of sp³-hybridized carbons (Fsp3) is 0.529. The number of benzene rings is 1. The first-order chi connectivity index (χ1) is 10.2. The lowest BCUT2D eigenvalue weighted by Crippen LogP contribution is -2.39. The van der Waals surface area contributed by atoms with Gasteiger partial charge in [-0.05, 0) is 49.5 Å². The van der Waals surface area contributed by atoms with E-state index in [1.165, 1.54) is 30.2 Å². The Morgan fingerprint density at radius 2 is 2.24 bits per heavy atom. The summed E-state index contributed by atoms with van der Waals surface area (Å²) in [6.07, 6.45) is 5.99. The maximum absolute atomic E-state index is 6.06. The molecule has 0 bridgehead atoms. The van der Waals surface area contributed by atoms with Crippen LogP contribution in [0, 0.1) is 5.92 Å². The monoisotopic (exact) mass is 305 g/mol. The van der Waals surface area contributed by atoms with Crippen LogP contribution in [0.3, 0.4) is 0 Å². The Hall–Kier alpha value is -1.03. The zero-order valence-corrected chi connectivity index (χ0v) is 13.4. The minimum atomic E-state index is 0.636. The zero-order chi connectivity index (χ0) is 14.8.